The Morgan fingerprint density at radius 1 is 1.24 bits per heavy atom. The molecule has 1 amide bonds. The average molecular weight is 454 g/mol. The van der Waals surface area contributed by atoms with Crippen molar-refractivity contribution in [1.29, 1.82) is 5.26 Å². The number of nitrogens with one attached hydrogen (secondary N) is 2. The van der Waals surface area contributed by atoms with Gasteiger partial charge in [0.1, 0.15) is 4.88 Å². The maximum Gasteiger partial charge on any atom is 0.348 e. The van der Waals surface area contributed by atoms with Crippen LogP contribution in [-0.2, 0) is 26.0 Å². The molecule has 0 saturated heterocycles. The van der Waals surface area contributed by atoms with E-state index < -0.39 is 28.5 Å². The summed E-state index contributed by atoms with van der Waals surface area (Å²) in [6.07, 6.45) is 1.53. The number of sulfonamides is 1. The van der Waals surface area contributed by atoms with E-state index in [4.69, 9.17) is 10.00 Å². The minimum atomic E-state index is -3.26. The van der Waals surface area contributed by atoms with Gasteiger partial charge in [-0.25, -0.2) is 17.9 Å². The molecule has 0 unspecified atom stereocenters. The summed E-state index contributed by atoms with van der Waals surface area (Å²) in [5.74, 6) is -0.862. The molecular formula is C18H19N3O5S3. The zero-order chi connectivity index (χ0) is 21.3. The largest absolute Gasteiger partial charge is 0.451 e. The van der Waals surface area contributed by atoms with Crippen molar-refractivity contribution in [3.63, 3.8) is 0 Å². The summed E-state index contributed by atoms with van der Waals surface area (Å²) in [5, 5.41) is 11.4. The molecule has 1 aromatic carbocycles. The minimum absolute atomic E-state index is 0.236. The van der Waals surface area contributed by atoms with E-state index in [-0.39, 0.29) is 12.3 Å². The van der Waals surface area contributed by atoms with Crippen LogP contribution in [-0.4, -0.2) is 45.5 Å². The number of nitriles is 1. The number of thiophene rings is 1. The van der Waals surface area contributed by atoms with Gasteiger partial charge in [0.15, 0.2) is 6.61 Å². The molecule has 2 N–H and O–H groups in total. The molecule has 11 heteroatoms. The third-order valence-electron chi connectivity index (χ3n) is 3.39. The SMILES string of the molecule is CS(=O)(=O)NCCc1ccc(C(=O)OCC(=O)Nc2ccccc2SCC#N)s1. The van der Waals surface area contributed by atoms with Gasteiger partial charge in [0, 0.05) is 16.3 Å². The van der Waals surface area contributed by atoms with Gasteiger partial charge in [-0.1, -0.05) is 12.1 Å². The van der Waals surface area contributed by atoms with Crippen LogP contribution in [0.2, 0.25) is 0 Å². The van der Waals surface area contributed by atoms with Crippen molar-refractivity contribution in [2.45, 2.75) is 11.3 Å². The van der Waals surface area contributed by atoms with Gasteiger partial charge in [-0.3, -0.25) is 4.79 Å². The number of ether oxygens (including phenoxy) is 1. The number of para-hydroxylation sites is 1. The number of rotatable bonds is 10. The number of nitrogens with zero attached hydrogens (tertiary/aromatic N) is 1. The fourth-order valence-electron chi connectivity index (χ4n) is 2.18. The molecule has 0 radical (unpaired) electrons. The molecular weight excluding hydrogens is 434 g/mol. The maximum atomic E-state index is 12.1. The van der Waals surface area contributed by atoms with E-state index in [1.54, 1.807) is 36.4 Å². The summed E-state index contributed by atoms with van der Waals surface area (Å²) < 4.78 is 29.5. The standard InChI is InChI=1S/C18H19N3O5S3/c1-29(24,25)20-10-8-13-6-7-16(28-13)18(23)26-12-17(22)21-14-4-2-3-5-15(14)27-11-9-19/h2-7,20H,8,10-12H2,1H3,(H,21,22). The molecule has 0 aliphatic rings. The average Bonchev–Trinajstić information content (AvgIpc) is 3.13. The lowest BCUT2D eigenvalue weighted by Gasteiger charge is -2.09. The van der Waals surface area contributed by atoms with Crippen LogP contribution in [0.4, 0.5) is 5.69 Å². The lowest BCUT2D eigenvalue weighted by atomic mass is 10.3. The highest BCUT2D eigenvalue weighted by molar-refractivity contribution is 7.99. The molecule has 0 bridgehead atoms. The lowest BCUT2D eigenvalue weighted by molar-refractivity contribution is -0.119. The van der Waals surface area contributed by atoms with Crippen molar-refractivity contribution in [2.24, 2.45) is 0 Å². The Bertz CT molecular complexity index is 1010. The van der Waals surface area contributed by atoms with Crippen LogP contribution in [0.1, 0.15) is 14.5 Å². The second-order valence-electron chi connectivity index (χ2n) is 5.75. The second kappa shape index (κ2) is 11.0. The van der Waals surface area contributed by atoms with E-state index in [0.717, 1.165) is 16.0 Å². The number of carbonyl (C=O) groups is 2. The third kappa shape index (κ3) is 8.25. The van der Waals surface area contributed by atoms with E-state index in [0.29, 0.717) is 17.0 Å². The fourth-order valence-corrected chi connectivity index (χ4v) is 4.22. The first-order chi connectivity index (χ1) is 13.8. The van der Waals surface area contributed by atoms with Crippen molar-refractivity contribution >= 4 is 50.7 Å². The normalized spacial score (nSPS) is 10.9. The highest BCUT2D eigenvalue weighted by Gasteiger charge is 2.14. The maximum absolute atomic E-state index is 12.1. The summed E-state index contributed by atoms with van der Waals surface area (Å²) in [4.78, 5) is 26.1. The molecule has 154 valence electrons. The van der Waals surface area contributed by atoms with Crippen LogP contribution in [0, 0.1) is 11.3 Å². The van der Waals surface area contributed by atoms with E-state index in [1.165, 1.54) is 23.1 Å². The Morgan fingerprint density at radius 2 is 2.00 bits per heavy atom. The van der Waals surface area contributed by atoms with E-state index in [2.05, 4.69) is 10.0 Å². The molecule has 1 heterocycles. The molecule has 8 nitrogen and oxygen atoms in total. The predicted octanol–water partition coefficient (Wildman–Crippen LogP) is 2.25. The Balaban J connectivity index is 1.83. The van der Waals surface area contributed by atoms with Gasteiger partial charge >= 0.3 is 5.97 Å². The second-order valence-corrected chi connectivity index (χ2v) is 9.77. The van der Waals surface area contributed by atoms with Gasteiger partial charge in [-0.2, -0.15) is 5.26 Å². The molecule has 0 atom stereocenters. The van der Waals surface area contributed by atoms with Gasteiger partial charge in [0.05, 0.1) is 23.8 Å². The van der Waals surface area contributed by atoms with Gasteiger partial charge in [-0.15, -0.1) is 23.1 Å². The lowest BCUT2D eigenvalue weighted by Crippen LogP contribution is -2.24. The summed E-state index contributed by atoms with van der Waals surface area (Å²) in [6, 6.07) is 12.4. The van der Waals surface area contributed by atoms with Crippen molar-refractivity contribution in [3.05, 3.63) is 46.2 Å². The summed E-state index contributed by atoms with van der Waals surface area (Å²) in [5.41, 5.74) is 0.547. The molecule has 29 heavy (non-hydrogen) atoms. The number of carbonyl (C=O) groups excluding carboxylic acids is 2. The van der Waals surface area contributed by atoms with Gasteiger partial charge in [-0.05, 0) is 30.7 Å². The molecule has 2 aromatic rings. The van der Waals surface area contributed by atoms with Gasteiger partial charge < -0.3 is 10.1 Å². The summed E-state index contributed by atoms with van der Waals surface area (Å²) >= 11 is 2.48. The first kappa shape index (κ1) is 22.9. The molecule has 0 aliphatic heterocycles. The Kier molecular flexibility index (Phi) is 8.66. The number of anilines is 1. The van der Waals surface area contributed by atoms with Crippen molar-refractivity contribution in [1.82, 2.24) is 4.72 Å². The van der Waals surface area contributed by atoms with Gasteiger partial charge in [0.25, 0.3) is 5.91 Å². The Hall–Kier alpha value is -2.39. The van der Waals surface area contributed by atoms with E-state index >= 15 is 0 Å². The van der Waals surface area contributed by atoms with E-state index in [1.807, 2.05) is 6.07 Å². The molecule has 0 saturated carbocycles. The number of hydrogen-bond donors (Lipinski definition) is 2. The number of esters is 1. The highest BCUT2D eigenvalue weighted by Crippen LogP contribution is 2.26. The van der Waals surface area contributed by atoms with Crippen LogP contribution in [0.25, 0.3) is 0 Å². The van der Waals surface area contributed by atoms with Crippen molar-refractivity contribution in [3.8, 4) is 6.07 Å². The molecule has 0 spiro atoms. The Labute approximate surface area is 177 Å². The number of amides is 1. The summed E-state index contributed by atoms with van der Waals surface area (Å²) in [6.45, 7) is -0.210. The zero-order valence-electron chi connectivity index (χ0n) is 15.5. The topological polar surface area (TPSA) is 125 Å². The smallest absolute Gasteiger partial charge is 0.348 e. The molecule has 0 aliphatic carbocycles. The fraction of sp³-hybridized carbons (Fsp3) is 0.278. The molecule has 2 rings (SSSR count). The Morgan fingerprint density at radius 3 is 2.72 bits per heavy atom. The first-order valence-corrected chi connectivity index (χ1v) is 12.1. The zero-order valence-corrected chi connectivity index (χ0v) is 18.0. The minimum Gasteiger partial charge on any atom is -0.451 e. The highest BCUT2D eigenvalue weighted by atomic mass is 32.2. The predicted molar refractivity (Wildman–Crippen MR) is 113 cm³/mol. The van der Waals surface area contributed by atoms with Crippen LogP contribution in [0.3, 0.4) is 0 Å². The van der Waals surface area contributed by atoms with Crippen LogP contribution in [0.5, 0.6) is 0 Å². The van der Waals surface area contributed by atoms with Crippen LogP contribution >= 0.6 is 23.1 Å². The molecule has 1 aromatic heterocycles. The van der Waals surface area contributed by atoms with Crippen molar-refractivity contribution < 1.29 is 22.7 Å². The van der Waals surface area contributed by atoms with E-state index in [9.17, 15) is 18.0 Å². The summed E-state index contributed by atoms with van der Waals surface area (Å²) in [7, 11) is -3.26. The number of thioether (sulfide) groups is 1. The van der Waals surface area contributed by atoms with Crippen LogP contribution in [0.15, 0.2) is 41.3 Å². The number of benzene rings is 1. The quantitative estimate of drug-likeness (QED) is 0.417. The van der Waals surface area contributed by atoms with Gasteiger partial charge in [0.2, 0.25) is 10.0 Å². The molecule has 0 fully saturated rings. The van der Waals surface area contributed by atoms with Crippen LogP contribution < -0.4 is 10.0 Å². The third-order valence-corrected chi connectivity index (χ3v) is 6.18. The first-order valence-electron chi connectivity index (χ1n) is 8.37. The van der Waals surface area contributed by atoms with Crippen molar-refractivity contribution in [2.75, 3.05) is 30.5 Å². The number of hydrogen-bond acceptors (Lipinski definition) is 8. The monoisotopic (exact) mass is 453 g/mol.